The molecule has 4 nitrogen and oxygen atoms in total. The second kappa shape index (κ2) is 8.88. The Morgan fingerprint density at radius 1 is 0.622 bits per heavy atom. The van der Waals surface area contributed by atoms with E-state index in [2.05, 4.69) is 116 Å². The fourth-order valence-corrected chi connectivity index (χ4v) is 6.75. The summed E-state index contributed by atoms with van der Waals surface area (Å²) in [5.41, 5.74) is 7.63. The van der Waals surface area contributed by atoms with Gasteiger partial charge in [-0.25, -0.2) is 4.57 Å². The zero-order valence-electron chi connectivity index (χ0n) is 25.9. The Labute approximate surface area is 225 Å². The van der Waals surface area contributed by atoms with Crippen LogP contribution < -0.4 is 9.05 Å². The molecule has 0 atom stereocenters. The van der Waals surface area contributed by atoms with Crippen LogP contribution in [0.25, 0.3) is 0 Å². The van der Waals surface area contributed by atoms with Crippen LogP contribution in [-0.4, -0.2) is 4.89 Å². The first-order valence-corrected chi connectivity index (χ1v) is 15.0. The van der Waals surface area contributed by atoms with Gasteiger partial charge in [-0.1, -0.05) is 102 Å². The average Bonchev–Trinajstić information content (AvgIpc) is 2.62. The monoisotopic (exact) mass is 528 g/mol. The van der Waals surface area contributed by atoms with E-state index in [9.17, 15) is 9.46 Å². The van der Waals surface area contributed by atoms with Gasteiger partial charge in [0.2, 0.25) is 0 Å². The molecule has 0 aliphatic carbocycles. The van der Waals surface area contributed by atoms with Gasteiger partial charge in [0.05, 0.1) is 0 Å². The number of rotatable bonds is 0. The van der Waals surface area contributed by atoms with E-state index in [0.717, 1.165) is 33.4 Å². The summed E-state index contributed by atoms with van der Waals surface area (Å²) in [4.78, 5) is 11.2. The van der Waals surface area contributed by atoms with E-state index in [1.807, 2.05) is 0 Å². The SMILES string of the molecule is Cc1c(C(C)(C)C)cc(C(C)(C)C)c2c1C(C)c1c(C)c(C(C)(C)C)cc(C(C)(C)C)c1OP(=O)(O)O2. The number of phosphoric acid groups is 1. The van der Waals surface area contributed by atoms with Crippen molar-refractivity contribution in [2.24, 2.45) is 0 Å². The summed E-state index contributed by atoms with van der Waals surface area (Å²) in [6, 6.07) is 4.34. The van der Waals surface area contributed by atoms with Gasteiger partial charge < -0.3 is 9.05 Å². The molecule has 0 unspecified atom stereocenters. The van der Waals surface area contributed by atoms with Crippen molar-refractivity contribution in [3.8, 4) is 11.5 Å². The summed E-state index contributed by atoms with van der Waals surface area (Å²) in [6.07, 6.45) is 0. The Morgan fingerprint density at radius 3 is 1.14 bits per heavy atom. The fourth-order valence-electron chi connectivity index (χ4n) is 5.86. The molecular weight excluding hydrogens is 479 g/mol. The number of benzene rings is 2. The predicted molar refractivity (Wildman–Crippen MR) is 156 cm³/mol. The molecule has 0 aromatic heterocycles. The molecule has 0 saturated carbocycles. The van der Waals surface area contributed by atoms with Crippen LogP contribution in [0, 0.1) is 13.8 Å². The summed E-state index contributed by atoms with van der Waals surface area (Å²) in [6.45, 7) is 32.5. The third-order valence-electron chi connectivity index (χ3n) is 7.68. The average molecular weight is 529 g/mol. The van der Waals surface area contributed by atoms with Crippen molar-refractivity contribution in [2.75, 3.05) is 0 Å². The highest BCUT2D eigenvalue weighted by atomic mass is 31.2. The molecule has 1 aliphatic rings. The summed E-state index contributed by atoms with van der Waals surface area (Å²) < 4.78 is 25.8. The number of hydrogen-bond acceptors (Lipinski definition) is 3. The van der Waals surface area contributed by atoms with E-state index in [4.69, 9.17) is 9.05 Å². The van der Waals surface area contributed by atoms with Gasteiger partial charge in [-0.3, -0.25) is 4.89 Å². The molecule has 0 fully saturated rings. The zero-order chi connectivity index (χ0) is 28.7. The van der Waals surface area contributed by atoms with E-state index < -0.39 is 7.82 Å². The quantitative estimate of drug-likeness (QED) is 0.346. The van der Waals surface area contributed by atoms with Crippen molar-refractivity contribution in [2.45, 2.75) is 131 Å². The van der Waals surface area contributed by atoms with Gasteiger partial charge >= 0.3 is 7.82 Å². The van der Waals surface area contributed by atoms with Crippen LogP contribution in [0.3, 0.4) is 0 Å². The van der Waals surface area contributed by atoms with Crippen LogP contribution in [0.1, 0.15) is 140 Å². The lowest BCUT2D eigenvalue weighted by molar-refractivity contribution is 0.279. The molecule has 0 amide bonds. The predicted octanol–water partition coefficient (Wildman–Crippen LogP) is 9.52. The second-order valence-corrected chi connectivity index (χ2v) is 16.4. The highest BCUT2D eigenvalue weighted by molar-refractivity contribution is 7.48. The highest BCUT2D eigenvalue weighted by Gasteiger charge is 2.42. The minimum atomic E-state index is -4.49. The first-order chi connectivity index (χ1) is 16.4. The molecule has 2 aromatic rings. The van der Waals surface area contributed by atoms with Crippen molar-refractivity contribution in [3.05, 3.63) is 56.6 Å². The minimum absolute atomic E-state index is 0.109. The fraction of sp³-hybridized carbons (Fsp3) is 0.625. The molecule has 3 rings (SSSR count). The number of hydrogen-bond donors (Lipinski definition) is 1. The summed E-state index contributed by atoms with van der Waals surface area (Å²) >= 11 is 0. The molecule has 37 heavy (non-hydrogen) atoms. The molecule has 1 N–H and O–H groups in total. The van der Waals surface area contributed by atoms with E-state index in [1.54, 1.807) is 0 Å². The largest absolute Gasteiger partial charge is 0.584 e. The van der Waals surface area contributed by atoms with Gasteiger partial charge in [0.1, 0.15) is 11.5 Å². The Bertz CT molecular complexity index is 1180. The summed E-state index contributed by atoms with van der Waals surface area (Å²) in [5.74, 6) is 0.858. The molecule has 2 aromatic carbocycles. The van der Waals surface area contributed by atoms with E-state index in [1.165, 1.54) is 11.1 Å². The Balaban J connectivity index is 2.63. The first kappa shape index (κ1) is 29.8. The minimum Gasteiger partial charge on any atom is -0.395 e. The van der Waals surface area contributed by atoms with Gasteiger partial charge in [-0.2, -0.15) is 0 Å². The van der Waals surface area contributed by atoms with Crippen molar-refractivity contribution in [3.63, 3.8) is 0 Å². The number of phosphoric ester groups is 1. The third-order valence-corrected chi connectivity index (χ3v) is 8.51. The maximum Gasteiger partial charge on any atom is 0.584 e. The number of fused-ring (bicyclic) bond motifs is 2. The molecule has 0 saturated heterocycles. The van der Waals surface area contributed by atoms with E-state index in [0.29, 0.717) is 11.5 Å². The molecular formula is C32H49O4P. The Hall–Kier alpha value is -1.77. The third kappa shape index (κ3) is 5.52. The van der Waals surface area contributed by atoms with Gasteiger partial charge in [-0.05, 0) is 57.8 Å². The van der Waals surface area contributed by atoms with Gasteiger partial charge in [-0.15, -0.1) is 0 Å². The van der Waals surface area contributed by atoms with Crippen molar-refractivity contribution in [1.29, 1.82) is 0 Å². The lowest BCUT2D eigenvalue weighted by atomic mass is 9.71. The summed E-state index contributed by atoms with van der Waals surface area (Å²) in [7, 11) is -4.49. The molecule has 1 aliphatic heterocycles. The van der Waals surface area contributed by atoms with Crippen LogP contribution in [0.4, 0.5) is 0 Å². The van der Waals surface area contributed by atoms with Gasteiger partial charge in [0.25, 0.3) is 0 Å². The van der Waals surface area contributed by atoms with Gasteiger partial charge in [0, 0.05) is 28.2 Å². The summed E-state index contributed by atoms with van der Waals surface area (Å²) in [5, 5.41) is 0. The van der Waals surface area contributed by atoms with Crippen molar-refractivity contribution < 1.29 is 18.5 Å². The molecule has 0 bridgehead atoms. The van der Waals surface area contributed by atoms with E-state index in [-0.39, 0.29) is 27.6 Å². The lowest BCUT2D eigenvalue weighted by Gasteiger charge is -2.38. The van der Waals surface area contributed by atoms with Crippen LogP contribution >= 0.6 is 7.82 Å². The first-order valence-electron chi connectivity index (χ1n) is 13.5. The van der Waals surface area contributed by atoms with Crippen molar-refractivity contribution in [1.82, 2.24) is 0 Å². The van der Waals surface area contributed by atoms with Crippen molar-refractivity contribution >= 4 is 7.82 Å². The maximum absolute atomic E-state index is 13.7. The second-order valence-electron chi connectivity index (χ2n) is 15.1. The van der Waals surface area contributed by atoms with E-state index >= 15 is 0 Å². The lowest BCUT2D eigenvalue weighted by Crippen LogP contribution is -2.25. The topological polar surface area (TPSA) is 55.8 Å². The standard InChI is InChI=1S/C32H49O4P/c1-18-21(29(4,5)6)16-23(31(10,11)12)27-25(18)20(3)26-19(2)22(30(7,8)9)17-24(32(13,14)15)28(26)36-37(33,34)35-27/h16-17,20H,1-15H3,(H,33,34). The molecule has 0 radical (unpaired) electrons. The van der Waals surface area contributed by atoms with Crippen LogP contribution in [-0.2, 0) is 26.2 Å². The van der Waals surface area contributed by atoms with Crippen LogP contribution in [0.5, 0.6) is 11.5 Å². The molecule has 1 heterocycles. The highest BCUT2D eigenvalue weighted by Crippen LogP contribution is 2.58. The maximum atomic E-state index is 13.7. The zero-order valence-corrected chi connectivity index (χ0v) is 26.7. The van der Waals surface area contributed by atoms with Gasteiger partial charge in [0.15, 0.2) is 0 Å². The molecule has 206 valence electrons. The smallest absolute Gasteiger partial charge is 0.395 e. The molecule has 5 heteroatoms. The Morgan fingerprint density at radius 2 is 0.892 bits per heavy atom. The normalized spacial score (nSPS) is 20.8. The Kier molecular flexibility index (Phi) is 7.15. The van der Waals surface area contributed by atoms with Crippen LogP contribution in [0.15, 0.2) is 12.1 Å². The molecule has 0 spiro atoms. The van der Waals surface area contributed by atoms with Crippen LogP contribution in [0.2, 0.25) is 0 Å².